The van der Waals surface area contributed by atoms with E-state index in [4.69, 9.17) is 16.3 Å². The van der Waals surface area contributed by atoms with E-state index in [2.05, 4.69) is 10.6 Å². The molecule has 1 aromatic heterocycles. The summed E-state index contributed by atoms with van der Waals surface area (Å²) in [6.45, 7) is 0.787. The van der Waals surface area contributed by atoms with E-state index in [-0.39, 0.29) is 18.4 Å². The SMILES string of the molecule is COCCNC(=O)CNC(=O)/C=C/c1ccc(-c2ccccc2Cl)s1. The summed E-state index contributed by atoms with van der Waals surface area (Å²) < 4.78 is 4.83. The van der Waals surface area contributed by atoms with E-state index in [1.807, 2.05) is 36.4 Å². The van der Waals surface area contributed by atoms with Gasteiger partial charge >= 0.3 is 0 Å². The maximum atomic E-state index is 11.8. The number of halogens is 1. The zero-order chi connectivity index (χ0) is 18.1. The number of amides is 2. The van der Waals surface area contributed by atoms with Gasteiger partial charge in [-0.25, -0.2) is 0 Å². The van der Waals surface area contributed by atoms with Crippen LogP contribution in [0, 0.1) is 0 Å². The molecule has 2 amide bonds. The Hall–Kier alpha value is -2.15. The second-order valence-electron chi connectivity index (χ2n) is 5.08. The normalized spacial score (nSPS) is 10.8. The van der Waals surface area contributed by atoms with E-state index >= 15 is 0 Å². The monoisotopic (exact) mass is 378 g/mol. The highest BCUT2D eigenvalue weighted by molar-refractivity contribution is 7.16. The van der Waals surface area contributed by atoms with Crippen molar-refractivity contribution in [1.29, 1.82) is 0 Å². The van der Waals surface area contributed by atoms with Gasteiger partial charge in [-0.2, -0.15) is 0 Å². The van der Waals surface area contributed by atoms with Crippen LogP contribution < -0.4 is 10.6 Å². The molecule has 0 unspecified atom stereocenters. The number of nitrogens with one attached hydrogen (secondary N) is 2. The molecule has 2 aromatic rings. The smallest absolute Gasteiger partial charge is 0.244 e. The van der Waals surface area contributed by atoms with Crippen LogP contribution in [0.15, 0.2) is 42.5 Å². The van der Waals surface area contributed by atoms with Crippen LogP contribution in [-0.4, -0.2) is 38.6 Å². The molecule has 1 aromatic carbocycles. The molecule has 5 nitrogen and oxygen atoms in total. The molecule has 0 aliphatic rings. The minimum absolute atomic E-state index is 0.0673. The fraction of sp³-hybridized carbons (Fsp3) is 0.222. The molecule has 1 heterocycles. The average Bonchev–Trinajstić information content (AvgIpc) is 3.07. The summed E-state index contributed by atoms with van der Waals surface area (Å²) in [6, 6.07) is 11.5. The Morgan fingerprint density at radius 1 is 1.20 bits per heavy atom. The number of carbonyl (C=O) groups excluding carboxylic acids is 2. The number of benzene rings is 1. The summed E-state index contributed by atoms with van der Waals surface area (Å²) in [5.41, 5.74) is 0.964. The molecule has 25 heavy (non-hydrogen) atoms. The van der Waals surface area contributed by atoms with Gasteiger partial charge in [0.25, 0.3) is 0 Å². The van der Waals surface area contributed by atoms with Crippen molar-refractivity contribution in [3.63, 3.8) is 0 Å². The molecule has 2 rings (SSSR count). The van der Waals surface area contributed by atoms with Crippen molar-refractivity contribution < 1.29 is 14.3 Å². The number of carbonyl (C=O) groups is 2. The Bertz CT molecular complexity index is 758. The second-order valence-corrected chi connectivity index (χ2v) is 6.60. The topological polar surface area (TPSA) is 67.4 Å². The third-order valence-corrected chi connectivity index (χ3v) is 4.63. The van der Waals surface area contributed by atoms with Gasteiger partial charge in [0.05, 0.1) is 13.2 Å². The molecule has 2 N–H and O–H groups in total. The van der Waals surface area contributed by atoms with Crippen LogP contribution in [0.1, 0.15) is 4.88 Å². The summed E-state index contributed by atoms with van der Waals surface area (Å²) in [7, 11) is 1.56. The predicted octanol–water partition coefficient (Wildman–Crippen LogP) is 2.96. The highest BCUT2D eigenvalue weighted by Gasteiger charge is 2.06. The van der Waals surface area contributed by atoms with E-state index in [0.717, 1.165) is 15.3 Å². The van der Waals surface area contributed by atoms with E-state index in [0.29, 0.717) is 18.2 Å². The van der Waals surface area contributed by atoms with Gasteiger partial charge in [0.1, 0.15) is 0 Å². The van der Waals surface area contributed by atoms with Crippen molar-refractivity contribution in [1.82, 2.24) is 10.6 Å². The van der Waals surface area contributed by atoms with Gasteiger partial charge in [0.15, 0.2) is 0 Å². The minimum atomic E-state index is -0.324. The molecule has 132 valence electrons. The van der Waals surface area contributed by atoms with Gasteiger partial charge in [-0.15, -0.1) is 11.3 Å². The van der Waals surface area contributed by atoms with Crippen LogP contribution in [0.25, 0.3) is 16.5 Å². The Morgan fingerprint density at radius 2 is 2.00 bits per heavy atom. The maximum absolute atomic E-state index is 11.8. The van der Waals surface area contributed by atoms with Crippen LogP contribution in [0.3, 0.4) is 0 Å². The Labute approximate surface area is 155 Å². The van der Waals surface area contributed by atoms with Crippen molar-refractivity contribution in [2.75, 3.05) is 26.8 Å². The van der Waals surface area contributed by atoms with Crippen LogP contribution >= 0.6 is 22.9 Å². The fourth-order valence-electron chi connectivity index (χ4n) is 1.99. The zero-order valence-corrected chi connectivity index (χ0v) is 15.3. The molecule has 0 aliphatic heterocycles. The zero-order valence-electron chi connectivity index (χ0n) is 13.8. The van der Waals surface area contributed by atoms with Crippen LogP contribution in [-0.2, 0) is 14.3 Å². The minimum Gasteiger partial charge on any atom is -0.383 e. The number of hydrogen-bond donors (Lipinski definition) is 2. The lowest BCUT2D eigenvalue weighted by molar-refractivity contribution is -0.124. The maximum Gasteiger partial charge on any atom is 0.244 e. The molecule has 0 spiro atoms. The highest BCUT2D eigenvalue weighted by atomic mass is 35.5. The average molecular weight is 379 g/mol. The Morgan fingerprint density at radius 3 is 2.76 bits per heavy atom. The third-order valence-electron chi connectivity index (χ3n) is 3.22. The summed E-state index contributed by atoms with van der Waals surface area (Å²) in [6.07, 6.45) is 3.12. The number of methoxy groups -OCH3 is 1. The molecule has 0 aliphatic carbocycles. The van der Waals surface area contributed by atoms with Gasteiger partial charge in [-0.1, -0.05) is 29.8 Å². The highest BCUT2D eigenvalue weighted by Crippen LogP contribution is 2.33. The summed E-state index contributed by atoms with van der Waals surface area (Å²) >= 11 is 7.73. The van der Waals surface area contributed by atoms with Gasteiger partial charge in [0.2, 0.25) is 11.8 Å². The quantitative estimate of drug-likeness (QED) is 0.548. The van der Waals surface area contributed by atoms with Gasteiger partial charge in [-0.05, 0) is 24.3 Å². The summed E-state index contributed by atoms with van der Waals surface area (Å²) in [4.78, 5) is 25.2. The van der Waals surface area contributed by atoms with Crippen LogP contribution in [0.2, 0.25) is 5.02 Å². The first kappa shape index (κ1) is 19.2. The first-order valence-electron chi connectivity index (χ1n) is 7.66. The van der Waals surface area contributed by atoms with Gasteiger partial charge < -0.3 is 15.4 Å². The van der Waals surface area contributed by atoms with Crippen molar-refractivity contribution >= 4 is 40.8 Å². The van der Waals surface area contributed by atoms with E-state index in [9.17, 15) is 9.59 Å². The summed E-state index contributed by atoms with van der Waals surface area (Å²) in [5, 5.41) is 5.85. The second kappa shape index (κ2) is 9.98. The van der Waals surface area contributed by atoms with Gasteiger partial charge in [-0.3, -0.25) is 9.59 Å². The summed E-state index contributed by atoms with van der Waals surface area (Å²) in [5.74, 6) is -0.578. The molecule has 0 saturated carbocycles. The lowest BCUT2D eigenvalue weighted by Crippen LogP contribution is -2.37. The molecular formula is C18H19ClN2O3S. The first-order valence-corrected chi connectivity index (χ1v) is 8.86. The van der Waals surface area contributed by atoms with E-state index in [1.165, 1.54) is 17.4 Å². The molecule has 0 saturated heterocycles. The molecular weight excluding hydrogens is 360 g/mol. The van der Waals surface area contributed by atoms with Crippen molar-refractivity contribution in [2.24, 2.45) is 0 Å². The van der Waals surface area contributed by atoms with E-state index in [1.54, 1.807) is 13.2 Å². The molecule has 0 fully saturated rings. The molecule has 0 radical (unpaired) electrons. The number of thiophene rings is 1. The van der Waals surface area contributed by atoms with E-state index < -0.39 is 0 Å². The van der Waals surface area contributed by atoms with Crippen molar-refractivity contribution in [3.05, 3.63) is 52.4 Å². The Balaban J connectivity index is 1.85. The molecule has 7 heteroatoms. The lowest BCUT2D eigenvalue weighted by atomic mass is 10.2. The fourth-order valence-corrected chi connectivity index (χ4v) is 3.23. The number of hydrogen-bond acceptors (Lipinski definition) is 4. The number of ether oxygens (including phenoxy) is 1. The third kappa shape index (κ3) is 6.34. The molecule has 0 atom stereocenters. The predicted molar refractivity (Wildman–Crippen MR) is 102 cm³/mol. The molecule has 0 bridgehead atoms. The Kier molecular flexibility index (Phi) is 7.66. The van der Waals surface area contributed by atoms with Gasteiger partial charge in [0, 0.05) is 40.1 Å². The largest absolute Gasteiger partial charge is 0.383 e. The van der Waals surface area contributed by atoms with Crippen molar-refractivity contribution in [3.8, 4) is 10.4 Å². The van der Waals surface area contributed by atoms with Crippen molar-refractivity contribution in [2.45, 2.75) is 0 Å². The lowest BCUT2D eigenvalue weighted by Gasteiger charge is -2.04. The standard InChI is InChI=1S/C18H19ClN2O3S/c1-24-11-10-20-18(23)12-21-17(22)9-7-13-6-8-16(25-13)14-4-2-3-5-15(14)19/h2-9H,10-12H2,1H3,(H,20,23)(H,21,22)/b9-7+. The first-order chi connectivity index (χ1) is 12.1. The number of rotatable bonds is 8. The van der Waals surface area contributed by atoms with Crippen LogP contribution in [0.5, 0.6) is 0 Å². The van der Waals surface area contributed by atoms with Crippen LogP contribution in [0.4, 0.5) is 0 Å².